The minimum atomic E-state index is 0.197. The second kappa shape index (κ2) is 7.85. The van der Waals surface area contributed by atoms with Crippen molar-refractivity contribution >= 4 is 5.91 Å². The Kier molecular flexibility index (Phi) is 6.80. The zero-order valence-electron chi connectivity index (χ0n) is 13.2. The van der Waals surface area contributed by atoms with E-state index >= 15 is 0 Å². The SMILES string of the molecule is CC1CC(C(=O)NCCN(C(C)C)C(C)C)CCN1. The van der Waals surface area contributed by atoms with Gasteiger partial charge < -0.3 is 10.6 Å². The Morgan fingerprint density at radius 1 is 1.32 bits per heavy atom. The second-order valence-corrected chi connectivity index (χ2v) is 6.29. The third-order valence-electron chi connectivity index (χ3n) is 3.99. The van der Waals surface area contributed by atoms with Gasteiger partial charge in [-0.25, -0.2) is 0 Å². The van der Waals surface area contributed by atoms with Gasteiger partial charge in [-0.2, -0.15) is 0 Å². The Morgan fingerprint density at radius 3 is 2.47 bits per heavy atom. The molecule has 1 saturated heterocycles. The maximum atomic E-state index is 12.1. The van der Waals surface area contributed by atoms with Crippen LogP contribution < -0.4 is 10.6 Å². The Labute approximate surface area is 118 Å². The lowest BCUT2D eigenvalue weighted by molar-refractivity contribution is -0.126. The van der Waals surface area contributed by atoms with Crippen LogP contribution in [0.25, 0.3) is 0 Å². The van der Waals surface area contributed by atoms with Crippen LogP contribution in [-0.2, 0) is 4.79 Å². The summed E-state index contributed by atoms with van der Waals surface area (Å²) in [7, 11) is 0. The molecule has 2 atom stereocenters. The first kappa shape index (κ1) is 16.4. The summed E-state index contributed by atoms with van der Waals surface area (Å²) in [5.41, 5.74) is 0. The molecule has 1 rings (SSSR count). The molecule has 112 valence electrons. The molecule has 0 radical (unpaired) electrons. The van der Waals surface area contributed by atoms with Crippen LogP contribution in [0.4, 0.5) is 0 Å². The quantitative estimate of drug-likeness (QED) is 0.770. The van der Waals surface area contributed by atoms with Gasteiger partial charge >= 0.3 is 0 Å². The van der Waals surface area contributed by atoms with Gasteiger partial charge in [0.1, 0.15) is 0 Å². The highest BCUT2D eigenvalue weighted by Gasteiger charge is 2.24. The summed E-state index contributed by atoms with van der Waals surface area (Å²) in [6.07, 6.45) is 1.93. The number of nitrogens with one attached hydrogen (secondary N) is 2. The van der Waals surface area contributed by atoms with E-state index in [4.69, 9.17) is 0 Å². The van der Waals surface area contributed by atoms with Crippen LogP contribution in [0.15, 0.2) is 0 Å². The highest BCUT2D eigenvalue weighted by molar-refractivity contribution is 5.78. The zero-order chi connectivity index (χ0) is 14.4. The summed E-state index contributed by atoms with van der Waals surface area (Å²) >= 11 is 0. The second-order valence-electron chi connectivity index (χ2n) is 6.29. The molecule has 0 saturated carbocycles. The molecule has 1 amide bonds. The van der Waals surface area contributed by atoms with Gasteiger partial charge in [0.2, 0.25) is 5.91 Å². The van der Waals surface area contributed by atoms with Crippen molar-refractivity contribution in [2.45, 2.75) is 65.6 Å². The van der Waals surface area contributed by atoms with Crippen LogP contribution in [0.2, 0.25) is 0 Å². The van der Waals surface area contributed by atoms with Crippen molar-refractivity contribution in [2.24, 2.45) is 5.92 Å². The van der Waals surface area contributed by atoms with E-state index in [9.17, 15) is 4.79 Å². The van der Waals surface area contributed by atoms with Gasteiger partial charge in [-0.3, -0.25) is 9.69 Å². The number of rotatable bonds is 6. The van der Waals surface area contributed by atoms with Crippen LogP contribution in [0.3, 0.4) is 0 Å². The fraction of sp³-hybridized carbons (Fsp3) is 0.933. The minimum Gasteiger partial charge on any atom is -0.355 e. The predicted molar refractivity (Wildman–Crippen MR) is 80.2 cm³/mol. The summed E-state index contributed by atoms with van der Waals surface area (Å²) < 4.78 is 0. The molecule has 1 aliphatic heterocycles. The topological polar surface area (TPSA) is 44.4 Å². The van der Waals surface area contributed by atoms with Crippen molar-refractivity contribution < 1.29 is 4.79 Å². The molecule has 0 spiro atoms. The van der Waals surface area contributed by atoms with E-state index in [1.807, 2.05) is 0 Å². The van der Waals surface area contributed by atoms with Crippen LogP contribution in [0, 0.1) is 5.92 Å². The molecule has 0 aromatic carbocycles. The van der Waals surface area contributed by atoms with Crippen LogP contribution in [0.1, 0.15) is 47.5 Å². The number of amides is 1. The summed E-state index contributed by atoms with van der Waals surface area (Å²) in [5.74, 6) is 0.434. The van der Waals surface area contributed by atoms with E-state index in [1.165, 1.54) is 0 Å². The summed E-state index contributed by atoms with van der Waals surface area (Å²) in [4.78, 5) is 14.5. The standard InChI is InChI=1S/C15H31N3O/c1-11(2)18(12(3)4)9-8-17-15(19)14-6-7-16-13(5)10-14/h11-14,16H,6-10H2,1-5H3,(H,17,19). The predicted octanol–water partition coefficient (Wildman–Crippen LogP) is 1.61. The van der Waals surface area contributed by atoms with Gasteiger partial charge in [-0.1, -0.05) is 0 Å². The molecule has 4 nitrogen and oxygen atoms in total. The molecule has 1 heterocycles. The van der Waals surface area contributed by atoms with Crippen molar-refractivity contribution in [3.63, 3.8) is 0 Å². The third kappa shape index (κ3) is 5.49. The van der Waals surface area contributed by atoms with Gasteiger partial charge in [0, 0.05) is 37.1 Å². The molecule has 4 heteroatoms. The van der Waals surface area contributed by atoms with E-state index in [-0.39, 0.29) is 11.8 Å². The first-order valence-corrected chi connectivity index (χ1v) is 7.68. The molecular formula is C15H31N3O. The van der Waals surface area contributed by atoms with Crippen molar-refractivity contribution in [1.82, 2.24) is 15.5 Å². The lowest BCUT2D eigenvalue weighted by atomic mass is 9.92. The highest BCUT2D eigenvalue weighted by Crippen LogP contribution is 2.15. The number of hydrogen-bond acceptors (Lipinski definition) is 3. The molecule has 0 aliphatic carbocycles. The lowest BCUT2D eigenvalue weighted by Gasteiger charge is -2.31. The highest BCUT2D eigenvalue weighted by atomic mass is 16.1. The Bertz CT molecular complexity index is 271. The van der Waals surface area contributed by atoms with Gasteiger partial charge in [-0.15, -0.1) is 0 Å². The monoisotopic (exact) mass is 269 g/mol. The van der Waals surface area contributed by atoms with Crippen LogP contribution >= 0.6 is 0 Å². The molecule has 2 N–H and O–H groups in total. The number of piperidine rings is 1. The zero-order valence-corrected chi connectivity index (χ0v) is 13.2. The minimum absolute atomic E-state index is 0.197. The maximum absolute atomic E-state index is 12.1. The Balaban J connectivity index is 2.29. The smallest absolute Gasteiger partial charge is 0.223 e. The normalized spacial score (nSPS) is 24.2. The van der Waals surface area contributed by atoms with Gasteiger partial charge in [0.15, 0.2) is 0 Å². The first-order chi connectivity index (χ1) is 8.91. The van der Waals surface area contributed by atoms with Crippen LogP contribution in [0.5, 0.6) is 0 Å². The third-order valence-corrected chi connectivity index (χ3v) is 3.99. The van der Waals surface area contributed by atoms with E-state index < -0.39 is 0 Å². The largest absolute Gasteiger partial charge is 0.355 e. The first-order valence-electron chi connectivity index (χ1n) is 7.68. The van der Waals surface area contributed by atoms with Crippen molar-refractivity contribution in [2.75, 3.05) is 19.6 Å². The van der Waals surface area contributed by atoms with Crippen molar-refractivity contribution in [3.8, 4) is 0 Å². The number of carbonyl (C=O) groups excluding carboxylic acids is 1. The number of hydrogen-bond donors (Lipinski definition) is 2. The van der Waals surface area contributed by atoms with Gasteiger partial charge in [-0.05, 0) is 54.0 Å². The van der Waals surface area contributed by atoms with Crippen LogP contribution in [-0.4, -0.2) is 48.6 Å². The molecule has 1 aliphatic rings. The Morgan fingerprint density at radius 2 is 1.95 bits per heavy atom. The van der Waals surface area contributed by atoms with Crippen molar-refractivity contribution in [3.05, 3.63) is 0 Å². The maximum Gasteiger partial charge on any atom is 0.223 e. The summed E-state index contributed by atoms with van der Waals surface area (Å²) in [6, 6.07) is 1.51. The fourth-order valence-electron chi connectivity index (χ4n) is 2.94. The molecular weight excluding hydrogens is 238 g/mol. The molecule has 0 aromatic heterocycles. The number of nitrogens with zero attached hydrogens (tertiary/aromatic N) is 1. The average Bonchev–Trinajstić information content (AvgIpc) is 2.33. The Hall–Kier alpha value is -0.610. The van der Waals surface area contributed by atoms with Gasteiger partial charge in [0.25, 0.3) is 0 Å². The molecule has 19 heavy (non-hydrogen) atoms. The van der Waals surface area contributed by atoms with E-state index in [1.54, 1.807) is 0 Å². The fourth-order valence-corrected chi connectivity index (χ4v) is 2.94. The van der Waals surface area contributed by atoms with Crippen molar-refractivity contribution in [1.29, 1.82) is 0 Å². The van der Waals surface area contributed by atoms with Gasteiger partial charge in [0.05, 0.1) is 0 Å². The summed E-state index contributed by atoms with van der Waals surface area (Å²) in [5, 5.41) is 6.49. The van der Waals surface area contributed by atoms with E-state index in [0.717, 1.165) is 32.5 Å². The molecule has 2 unspecified atom stereocenters. The molecule has 0 bridgehead atoms. The summed E-state index contributed by atoms with van der Waals surface area (Å²) in [6.45, 7) is 13.6. The average molecular weight is 269 g/mol. The number of carbonyl (C=O) groups is 1. The van der Waals surface area contributed by atoms with E-state index in [2.05, 4.69) is 50.2 Å². The van der Waals surface area contributed by atoms with E-state index in [0.29, 0.717) is 18.1 Å². The molecule has 1 fully saturated rings. The lowest BCUT2D eigenvalue weighted by Crippen LogP contribution is -2.46. The molecule has 0 aromatic rings.